The van der Waals surface area contributed by atoms with Crippen molar-refractivity contribution in [1.82, 2.24) is 10.2 Å². The van der Waals surface area contributed by atoms with Gasteiger partial charge in [0.1, 0.15) is 5.84 Å². The molecule has 0 aromatic rings. The number of nitrogens with one attached hydrogen (secondary N) is 1. The maximum absolute atomic E-state index is 4.69. The van der Waals surface area contributed by atoms with Gasteiger partial charge in [0.25, 0.3) is 0 Å². The summed E-state index contributed by atoms with van der Waals surface area (Å²) in [6, 6.07) is 0. The lowest BCUT2D eigenvalue weighted by molar-refractivity contribution is 0.241. The van der Waals surface area contributed by atoms with Gasteiger partial charge >= 0.3 is 0 Å². The molecule has 2 heterocycles. The number of nitrogens with zero attached hydrogens (tertiary/aromatic N) is 2. The molecule has 0 radical (unpaired) electrons. The van der Waals surface area contributed by atoms with Crippen LogP contribution in [0.25, 0.3) is 0 Å². The van der Waals surface area contributed by atoms with Gasteiger partial charge in [-0.15, -0.1) is 0 Å². The second-order valence-corrected chi connectivity index (χ2v) is 4.91. The fourth-order valence-electron chi connectivity index (χ4n) is 2.66. The molecule has 92 valence electrons. The van der Waals surface area contributed by atoms with Gasteiger partial charge in [-0.05, 0) is 38.6 Å². The van der Waals surface area contributed by atoms with Crippen LogP contribution in [0, 0.1) is 0 Å². The average molecular weight is 223 g/mol. The average Bonchev–Trinajstić information content (AvgIpc) is 2.52. The Morgan fingerprint density at radius 3 is 3.19 bits per heavy atom. The summed E-state index contributed by atoms with van der Waals surface area (Å²) in [5, 5.41) is 3.71. The first-order chi connectivity index (χ1) is 7.92. The Kier molecular flexibility index (Phi) is 4.64. The van der Waals surface area contributed by atoms with Gasteiger partial charge < -0.3 is 4.90 Å². The minimum atomic E-state index is 0.563. The minimum Gasteiger partial charge on any atom is -0.345 e. The van der Waals surface area contributed by atoms with Crippen molar-refractivity contribution in [2.75, 3.05) is 19.6 Å². The highest BCUT2D eigenvalue weighted by molar-refractivity contribution is 5.83. The molecule has 3 nitrogen and oxygen atoms in total. The Morgan fingerprint density at radius 2 is 2.31 bits per heavy atom. The van der Waals surface area contributed by atoms with Crippen LogP contribution in [0.5, 0.6) is 0 Å². The van der Waals surface area contributed by atoms with Crippen molar-refractivity contribution in [1.29, 1.82) is 0 Å². The van der Waals surface area contributed by atoms with Gasteiger partial charge in [0, 0.05) is 19.5 Å². The molecule has 1 unspecified atom stereocenters. The lowest BCUT2D eigenvalue weighted by atomic mass is 10.2. The Hall–Kier alpha value is -0.570. The summed E-state index contributed by atoms with van der Waals surface area (Å²) in [5.41, 5.74) is 0. The van der Waals surface area contributed by atoms with E-state index >= 15 is 0 Å². The molecule has 1 N–H and O–H groups in total. The van der Waals surface area contributed by atoms with Crippen molar-refractivity contribution in [3.8, 4) is 0 Å². The van der Waals surface area contributed by atoms with Gasteiger partial charge in [-0.2, -0.15) is 0 Å². The van der Waals surface area contributed by atoms with E-state index in [4.69, 9.17) is 4.99 Å². The highest BCUT2D eigenvalue weighted by Gasteiger charge is 2.25. The van der Waals surface area contributed by atoms with Crippen LogP contribution < -0.4 is 5.32 Å². The number of fused-ring (bicyclic) bond motifs is 1. The number of hydrogen-bond acceptors (Lipinski definition) is 3. The number of aliphatic imine (C=N–C) groups is 1. The summed E-state index contributed by atoms with van der Waals surface area (Å²) < 4.78 is 0. The molecule has 0 amide bonds. The normalized spacial score (nSPS) is 25.9. The lowest BCUT2D eigenvalue weighted by Crippen LogP contribution is -2.50. The van der Waals surface area contributed by atoms with Crippen LogP contribution in [-0.2, 0) is 0 Å². The molecule has 16 heavy (non-hydrogen) atoms. The van der Waals surface area contributed by atoms with Crippen LogP contribution in [-0.4, -0.2) is 36.5 Å². The minimum absolute atomic E-state index is 0.563. The third-order valence-electron chi connectivity index (χ3n) is 3.60. The van der Waals surface area contributed by atoms with E-state index in [0.29, 0.717) is 6.17 Å². The standard InChI is InChI=1S/C13H25N3/c1-2-3-9-14-12-7-4-5-8-13-15-10-6-11-16(12)13/h12,14H,2-11H2,1H3. The van der Waals surface area contributed by atoms with Gasteiger partial charge in [-0.25, -0.2) is 0 Å². The third kappa shape index (κ3) is 2.97. The first kappa shape index (κ1) is 11.9. The zero-order valence-corrected chi connectivity index (χ0v) is 10.5. The van der Waals surface area contributed by atoms with Gasteiger partial charge in [0.2, 0.25) is 0 Å². The summed E-state index contributed by atoms with van der Waals surface area (Å²) in [5.74, 6) is 1.37. The molecule has 1 saturated heterocycles. The highest BCUT2D eigenvalue weighted by atomic mass is 15.3. The topological polar surface area (TPSA) is 27.6 Å². The van der Waals surface area contributed by atoms with Crippen LogP contribution in [0.2, 0.25) is 0 Å². The van der Waals surface area contributed by atoms with E-state index in [1.807, 2.05) is 0 Å². The van der Waals surface area contributed by atoms with Crippen molar-refractivity contribution >= 4 is 5.84 Å². The van der Waals surface area contributed by atoms with Crippen LogP contribution >= 0.6 is 0 Å². The van der Waals surface area contributed by atoms with E-state index in [-0.39, 0.29) is 0 Å². The highest BCUT2D eigenvalue weighted by Crippen LogP contribution is 2.20. The predicted molar refractivity (Wildman–Crippen MR) is 68.8 cm³/mol. The van der Waals surface area contributed by atoms with E-state index < -0.39 is 0 Å². The molecule has 2 aliphatic rings. The molecule has 0 spiro atoms. The van der Waals surface area contributed by atoms with E-state index in [9.17, 15) is 0 Å². The molecular formula is C13H25N3. The van der Waals surface area contributed by atoms with E-state index in [1.165, 1.54) is 57.3 Å². The monoisotopic (exact) mass is 223 g/mol. The first-order valence-electron chi connectivity index (χ1n) is 6.95. The molecule has 0 aromatic carbocycles. The number of rotatable bonds is 4. The quantitative estimate of drug-likeness (QED) is 0.741. The molecular weight excluding hydrogens is 198 g/mol. The van der Waals surface area contributed by atoms with Gasteiger partial charge in [-0.1, -0.05) is 13.3 Å². The summed E-state index contributed by atoms with van der Waals surface area (Å²) in [6.07, 6.45) is 9.52. The SMILES string of the molecule is CCCCNC1CCCCC2=NCCCN21. The molecule has 0 aliphatic carbocycles. The zero-order valence-electron chi connectivity index (χ0n) is 10.5. The summed E-state index contributed by atoms with van der Waals surface area (Å²) in [6.45, 7) is 5.67. The Morgan fingerprint density at radius 1 is 1.38 bits per heavy atom. The third-order valence-corrected chi connectivity index (χ3v) is 3.60. The number of unbranched alkanes of at least 4 members (excludes halogenated alkanes) is 1. The maximum atomic E-state index is 4.69. The van der Waals surface area contributed by atoms with Crippen molar-refractivity contribution in [3.05, 3.63) is 0 Å². The van der Waals surface area contributed by atoms with Crippen LogP contribution in [0.15, 0.2) is 4.99 Å². The molecule has 2 rings (SSSR count). The predicted octanol–water partition coefficient (Wildman–Crippen LogP) is 2.38. The van der Waals surface area contributed by atoms with Crippen molar-refractivity contribution < 1.29 is 0 Å². The fourth-order valence-corrected chi connectivity index (χ4v) is 2.66. The molecule has 3 heteroatoms. The largest absolute Gasteiger partial charge is 0.345 e. The summed E-state index contributed by atoms with van der Waals surface area (Å²) in [4.78, 5) is 7.23. The number of amidine groups is 1. The molecule has 1 fully saturated rings. The number of hydrogen-bond donors (Lipinski definition) is 1. The fraction of sp³-hybridized carbons (Fsp3) is 0.923. The van der Waals surface area contributed by atoms with Gasteiger partial charge in [-0.3, -0.25) is 10.3 Å². The Balaban J connectivity index is 1.93. The Bertz CT molecular complexity index is 237. The van der Waals surface area contributed by atoms with Gasteiger partial charge in [0.15, 0.2) is 0 Å². The molecule has 1 atom stereocenters. The summed E-state index contributed by atoms with van der Waals surface area (Å²) in [7, 11) is 0. The van der Waals surface area contributed by atoms with Crippen molar-refractivity contribution in [3.63, 3.8) is 0 Å². The van der Waals surface area contributed by atoms with Crippen molar-refractivity contribution in [2.24, 2.45) is 4.99 Å². The molecule has 0 bridgehead atoms. The second kappa shape index (κ2) is 6.24. The van der Waals surface area contributed by atoms with Crippen LogP contribution in [0.4, 0.5) is 0 Å². The smallest absolute Gasteiger partial charge is 0.100 e. The van der Waals surface area contributed by atoms with E-state index in [0.717, 1.165) is 13.1 Å². The first-order valence-corrected chi connectivity index (χ1v) is 6.95. The second-order valence-electron chi connectivity index (χ2n) is 4.91. The summed E-state index contributed by atoms with van der Waals surface area (Å²) >= 11 is 0. The zero-order chi connectivity index (χ0) is 11.2. The van der Waals surface area contributed by atoms with Gasteiger partial charge in [0.05, 0.1) is 6.17 Å². The van der Waals surface area contributed by atoms with Crippen LogP contribution in [0.3, 0.4) is 0 Å². The van der Waals surface area contributed by atoms with Crippen LogP contribution in [0.1, 0.15) is 51.9 Å². The Labute approximate surface area is 99.3 Å². The van der Waals surface area contributed by atoms with Crippen molar-refractivity contribution in [2.45, 2.75) is 58.0 Å². The molecule has 0 aromatic heterocycles. The van der Waals surface area contributed by atoms with E-state index in [1.54, 1.807) is 0 Å². The molecule has 0 saturated carbocycles. The van der Waals surface area contributed by atoms with E-state index in [2.05, 4.69) is 17.1 Å². The molecule has 2 aliphatic heterocycles. The maximum Gasteiger partial charge on any atom is 0.100 e. The lowest BCUT2D eigenvalue weighted by Gasteiger charge is -2.35.